The third-order valence-corrected chi connectivity index (χ3v) is 3.42. The molecule has 1 N–H and O–H groups in total. The number of para-hydroxylation sites is 1. The molecule has 2 aromatic carbocycles. The smallest absolute Gasteiger partial charge is 0.244 e. The molecule has 0 aliphatic carbocycles. The highest BCUT2D eigenvalue weighted by Gasteiger charge is 2.17. The van der Waals surface area contributed by atoms with E-state index < -0.39 is 0 Å². The summed E-state index contributed by atoms with van der Waals surface area (Å²) in [4.78, 5) is 25.6. The highest BCUT2D eigenvalue weighted by Crippen LogP contribution is 2.19. The van der Waals surface area contributed by atoms with Crippen molar-refractivity contribution in [2.75, 3.05) is 16.8 Å². The van der Waals surface area contributed by atoms with Gasteiger partial charge in [0, 0.05) is 18.3 Å². The highest BCUT2D eigenvalue weighted by atomic mass is 16.2. The van der Waals surface area contributed by atoms with Gasteiger partial charge in [-0.1, -0.05) is 35.9 Å². The molecule has 0 aromatic heterocycles. The maximum Gasteiger partial charge on any atom is 0.244 e. The molecule has 0 saturated heterocycles. The Hall–Kier alpha value is -2.62. The Kier molecular flexibility index (Phi) is 4.94. The molecule has 0 aliphatic heterocycles. The molecule has 4 heteroatoms. The second-order valence-corrected chi connectivity index (χ2v) is 5.31. The first-order valence-electron chi connectivity index (χ1n) is 7.17. The van der Waals surface area contributed by atoms with Crippen LogP contribution in [0, 0.1) is 13.8 Å². The van der Waals surface area contributed by atoms with Crippen molar-refractivity contribution in [3.05, 3.63) is 59.7 Å². The summed E-state index contributed by atoms with van der Waals surface area (Å²) in [5.41, 5.74) is 3.57. The number of anilines is 2. The maximum atomic E-state index is 12.2. The van der Waals surface area contributed by atoms with Gasteiger partial charge in [-0.05, 0) is 37.6 Å². The van der Waals surface area contributed by atoms with Gasteiger partial charge >= 0.3 is 0 Å². The van der Waals surface area contributed by atoms with Gasteiger partial charge < -0.3 is 10.2 Å². The molecule has 0 aliphatic rings. The summed E-state index contributed by atoms with van der Waals surface area (Å²) in [6.45, 7) is 5.37. The largest absolute Gasteiger partial charge is 0.325 e. The quantitative estimate of drug-likeness (QED) is 0.941. The van der Waals surface area contributed by atoms with Crippen LogP contribution in [0.15, 0.2) is 48.5 Å². The Balaban J connectivity index is 2.11. The van der Waals surface area contributed by atoms with E-state index in [0.29, 0.717) is 0 Å². The summed E-state index contributed by atoms with van der Waals surface area (Å²) < 4.78 is 0. The van der Waals surface area contributed by atoms with Crippen LogP contribution in [0.25, 0.3) is 0 Å². The number of hydrogen-bond donors (Lipinski definition) is 1. The molecule has 2 aromatic rings. The summed E-state index contributed by atoms with van der Waals surface area (Å²) in [6, 6.07) is 15.1. The molecule has 22 heavy (non-hydrogen) atoms. The van der Waals surface area contributed by atoms with E-state index in [1.807, 2.05) is 62.4 Å². The molecule has 0 radical (unpaired) electrons. The fourth-order valence-corrected chi connectivity index (χ4v) is 2.21. The van der Waals surface area contributed by atoms with Crippen LogP contribution >= 0.6 is 0 Å². The van der Waals surface area contributed by atoms with Gasteiger partial charge in [0.2, 0.25) is 11.8 Å². The van der Waals surface area contributed by atoms with Crippen molar-refractivity contribution in [2.45, 2.75) is 20.8 Å². The first-order chi connectivity index (χ1) is 10.5. The monoisotopic (exact) mass is 296 g/mol. The minimum absolute atomic E-state index is 0.00589. The van der Waals surface area contributed by atoms with E-state index in [4.69, 9.17) is 0 Å². The van der Waals surface area contributed by atoms with E-state index in [1.54, 1.807) is 0 Å². The first kappa shape index (κ1) is 15.8. The first-order valence-corrected chi connectivity index (χ1v) is 7.17. The summed E-state index contributed by atoms with van der Waals surface area (Å²) in [5.74, 6) is -0.379. The number of benzene rings is 2. The molecule has 2 amide bonds. The van der Waals surface area contributed by atoms with E-state index in [9.17, 15) is 9.59 Å². The summed E-state index contributed by atoms with van der Waals surface area (Å²) in [6.07, 6.45) is 0. The lowest BCUT2D eigenvalue weighted by Crippen LogP contribution is -2.37. The van der Waals surface area contributed by atoms with Crippen molar-refractivity contribution >= 4 is 23.2 Å². The van der Waals surface area contributed by atoms with Gasteiger partial charge in [0.05, 0.1) is 0 Å². The molecule has 0 bridgehead atoms. The number of nitrogens with one attached hydrogen (secondary N) is 1. The minimum atomic E-state index is -0.220. The number of aryl methyl sites for hydroxylation is 2. The zero-order chi connectivity index (χ0) is 16.1. The van der Waals surface area contributed by atoms with Crippen LogP contribution in [0.3, 0.4) is 0 Å². The van der Waals surface area contributed by atoms with E-state index >= 15 is 0 Å². The van der Waals surface area contributed by atoms with E-state index in [1.165, 1.54) is 11.8 Å². The van der Waals surface area contributed by atoms with Crippen molar-refractivity contribution < 1.29 is 9.59 Å². The van der Waals surface area contributed by atoms with Crippen LogP contribution in [0.1, 0.15) is 18.1 Å². The van der Waals surface area contributed by atoms with Crippen molar-refractivity contribution in [1.82, 2.24) is 0 Å². The van der Waals surface area contributed by atoms with Gasteiger partial charge in [-0.2, -0.15) is 0 Å². The van der Waals surface area contributed by atoms with Gasteiger partial charge in [0.15, 0.2) is 0 Å². The second-order valence-electron chi connectivity index (χ2n) is 5.31. The van der Waals surface area contributed by atoms with E-state index in [-0.39, 0.29) is 18.4 Å². The molecule has 0 spiro atoms. The van der Waals surface area contributed by atoms with Crippen LogP contribution in [-0.4, -0.2) is 18.4 Å². The average Bonchev–Trinajstić information content (AvgIpc) is 2.48. The van der Waals surface area contributed by atoms with Gasteiger partial charge in [-0.3, -0.25) is 9.59 Å². The molecule has 2 rings (SSSR count). The third kappa shape index (κ3) is 3.95. The second kappa shape index (κ2) is 6.89. The van der Waals surface area contributed by atoms with Crippen molar-refractivity contribution in [1.29, 1.82) is 0 Å². The number of carbonyl (C=O) groups is 2. The Bertz CT molecular complexity index is 678. The summed E-state index contributed by atoms with van der Waals surface area (Å²) in [5, 5.41) is 2.81. The van der Waals surface area contributed by atoms with Crippen LogP contribution in [0.2, 0.25) is 0 Å². The van der Waals surface area contributed by atoms with Crippen molar-refractivity contribution in [2.24, 2.45) is 0 Å². The lowest BCUT2D eigenvalue weighted by atomic mass is 10.2. The van der Waals surface area contributed by atoms with Crippen molar-refractivity contribution in [3.8, 4) is 0 Å². The highest BCUT2D eigenvalue weighted by molar-refractivity contribution is 6.02. The predicted molar refractivity (Wildman–Crippen MR) is 89.0 cm³/mol. The van der Waals surface area contributed by atoms with Gasteiger partial charge in [-0.25, -0.2) is 0 Å². The average molecular weight is 296 g/mol. The summed E-state index contributed by atoms with van der Waals surface area (Å²) >= 11 is 0. The van der Waals surface area contributed by atoms with Gasteiger partial charge in [-0.15, -0.1) is 0 Å². The van der Waals surface area contributed by atoms with Crippen molar-refractivity contribution in [3.63, 3.8) is 0 Å². The number of amides is 2. The van der Waals surface area contributed by atoms with Crippen LogP contribution in [-0.2, 0) is 9.59 Å². The molecule has 0 atom stereocenters. The molecule has 114 valence electrons. The van der Waals surface area contributed by atoms with Gasteiger partial charge in [0.1, 0.15) is 6.54 Å². The molecule has 4 nitrogen and oxygen atoms in total. The number of rotatable bonds is 4. The number of nitrogens with zero attached hydrogens (tertiary/aromatic N) is 1. The molecule has 0 fully saturated rings. The standard InChI is InChI=1S/C18H20N2O2/c1-13-8-10-16(11-9-13)19-18(22)12-20(15(3)21)17-7-5-4-6-14(17)2/h4-11H,12H2,1-3H3,(H,19,22). The summed E-state index contributed by atoms with van der Waals surface area (Å²) in [7, 11) is 0. The third-order valence-electron chi connectivity index (χ3n) is 3.42. The Morgan fingerprint density at radius 2 is 1.64 bits per heavy atom. The lowest BCUT2D eigenvalue weighted by Gasteiger charge is -2.22. The normalized spacial score (nSPS) is 10.1. The minimum Gasteiger partial charge on any atom is -0.325 e. The zero-order valence-corrected chi connectivity index (χ0v) is 13.1. The Labute approximate surface area is 130 Å². The van der Waals surface area contributed by atoms with E-state index in [2.05, 4.69) is 5.32 Å². The van der Waals surface area contributed by atoms with Crippen LogP contribution in [0.5, 0.6) is 0 Å². The molecular formula is C18H20N2O2. The molecule has 0 saturated carbocycles. The fourth-order valence-electron chi connectivity index (χ4n) is 2.21. The van der Waals surface area contributed by atoms with Crippen LogP contribution < -0.4 is 10.2 Å². The topological polar surface area (TPSA) is 49.4 Å². The Morgan fingerprint density at radius 3 is 2.23 bits per heavy atom. The Morgan fingerprint density at radius 1 is 1.00 bits per heavy atom. The maximum absolute atomic E-state index is 12.2. The molecular weight excluding hydrogens is 276 g/mol. The SMILES string of the molecule is CC(=O)N(CC(=O)Nc1ccc(C)cc1)c1ccccc1C. The zero-order valence-electron chi connectivity index (χ0n) is 13.1. The fraction of sp³-hybridized carbons (Fsp3) is 0.222. The van der Waals surface area contributed by atoms with Crippen LogP contribution in [0.4, 0.5) is 11.4 Å². The lowest BCUT2D eigenvalue weighted by molar-refractivity contribution is -0.120. The van der Waals surface area contributed by atoms with E-state index in [0.717, 1.165) is 22.5 Å². The molecule has 0 unspecified atom stereocenters. The van der Waals surface area contributed by atoms with Gasteiger partial charge in [0.25, 0.3) is 0 Å². The molecule has 0 heterocycles. The predicted octanol–water partition coefficient (Wildman–Crippen LogP) is 3.30. The number of carbonyl (C=O) groups excluding carboxylic acids is 2. The number of hydrogen-bond acceptors (Lipinski definition) is 2.